The normalized spacial score (nSPS) is 36.6. The van der Waals surface area contributed by atoms with Gasteiger partial charge in [0.05, 0.1) is 19.3 Å². The largest absolute Gasteiger partial charge is 0.394 e. The van der Waals surface area contributed by atoms with Crippen LogP contribution in [0.2, 0.25) is 0 Å². The molecule has 0 radical (unpaired) electrons. The molecule has 130 valence electrons. The summed E-state index contributed by atoms with van der Waals surface area (Å²) in [6, 6.07) is 0. The van der Waals surface area contributed by atoms with Gasteiger partial charge in [-0.25, -0.2) is 0 Å². The van der Waals surface area contributed by atoms with E-state index < -0.39 is 68.7 Å². The lowest BCUT2D eigenvalue weighted by molar-refractivity contribution is -0.324. The monoisotopic (exact) mass is 326 g/mol. The lowest BCUT2D eigenvalue weighted by Crippen LogP contribution is -2.61. The third-order valence-electron chi connectivity index (χ3n) is 3.42. The summed E-state index contributed by atoms with van der Waals surface area (Å²) in [4.78, 5) is 10.4. The second-order valence-corrected chi connectivity index (χ2v) is 5.02. The Labute approximate surface area is 126 Å². The molecule has 8 atom stereocenters. The van der Waals surface area contributed by atoms with Gasteiger partial charge < -0.3 is 50.0 Å². The van der Waals surface area contributed by atoms with Gasteiger partial charge in [0.25, 0.3) is 0 Å². The van der Waals surface area contributed by atoms with Gasteiger partial charge in [0, 0.05) is 6.42 Å². The molecule has 0 bridgehead atoms. The van der Waals surface area contributed by atoms with Crippen molar-refractivity contribution in [2.45, 2.75) is 55.4 Å². The first-order valence-corrected chi connectivity index (χ1v) is 6.73. The number of aliphatic hydroxyl groups excluding tert-OH is 7. The predicted molar refractivity (Wildman–Crippen MR) is 68.4 cm³/mol. The Kier molecular flexibility index (Phi) is 7.76. The molecule has 0 spiro atoms. The van der Waals surface area contributed by atoms with E-state index in [1.165, 1.54) is 0 Å². The fourth-order valence-electron chi connectivity index (χ4n) is 2.11. The summed E-state index contributed by atoms with van der Waals surface area (Å²) in [6.07, 6.45) is -12.4. The predicted octanol–water partition coefficient (Wildman–Crippen LogP) is -4.53. The van der Waals surface area contributed by atoms with Crippen molar-refractivity contribution in [3.8, 4) is 0 Å². The van der Waals surface area contributed by atoms with E-state index in [-0.39, 0.29) is 0 Å². The van der Waals surface area contributed by atoms with Crippen molar-refractivity contribution in [1.29, 1.82) is 0 Å². The zero-order valence-corrected chi connectivity index (χ0v) is 11.7. The number of carbonyl (C=O) groups excluding carboxylic acids is 1. The molecule has 7 N–H and O–H groups in total. The molecule has 0 aromatic carbocycles. The van der Waals surface area contributed by atoms with E-state index in [9.17, 15) is 30.3 Å². The fraction of sp³-hybridized carbons (Fsp3) is 0.917. The average Bonchev–Trinajstić information content (AvgIpc) is 2.51. The summed E-state index contributed by atoms with van der Waals surface area (Å²) in [5, 5.41) is 66.4. The number of rotatable bonds is 8. The first-order valence-electron chi connectivity index (χ1n) is 6.73. The smallest absolute Gasteiger partial charge is 0.187 e. The van der Waals surface area contributed by atoms with Crippen LogP contribution >= 0.6 is 0 Å². The molecule has 0 saturated carbocycles. The first-order chi connectivity index (χ1) is 10.4. The molecule has 0 aromatic rings. The molecular weight excluding hydrogens is 304 g/mol. The van der Waals surface area contributed by atoms with Crippen LogP contribution < -0.4 is 0 Å². The fourth-order valence-corrected chi connectivity index (χ4v) is 2.11. The van der Waals surface area contributed by atoms with Crippen molar-refractivity contribution >= 4 is 6.29 Å². The second-order valence-electron chi connectivity index (χ2n) is 5.02. The van der Waals surface area contributed by atoms with Crippen LogP contribution in [0.4, 0.5) is 0 Å². The topological polar surface area (TPSA) is 177 Å². The van der Waals surface area contributed by atoms with Crippen LogP contribution in [0.25, 0.3) is 0 Å². The van der Waals surface area contributed by atoms with Crippen molar-refractivity contribution in [1.82, 2.24) is 0 Å². The van der Waals surface area contributed by atoms with Gasteiger partial charge >= 0.3 is 0 Å². The average molecular weight is 326 g/mol. The number of carbonyl (C=O) groups is 1. The van der Waals surface area contributed by atoms with Crippen LogP contribution in [0.1, 0.15) is 6.42 Å². The van der Waals surface area contributed by atoms with Crippen LogP contribution in [0.15, 0.2) is 0 Å². The summed E-state index contributed by atoms with van der Waals surface area (Å²) in [7, 11) is 0. The van der Waals surface area contributed by atoms with Crippen LogP contribution in [0.3, 0.4) is 0 Å². The lowest BCUT2D eigenvalue weighted by atomic mass is 9.99. The van der Waals surface area contributed by atoms with Gasteiger partial charge in [-0.3, -0.25) is 0 Å². The van der Waals surface area contributed by atoms with Crippen LogP contribution in [-0.2, 0) is 14.3 Å². The Bertz CT molecular complexity index is 338. The van der Waals surface area contributed by atoms with E-state index in [1.54, 1.807) is 0 Å². The molecule has 1 aliphatic rings. The van der Waals surface area contributed by atoms with E-state index in [0.29, 0.717) is 6.29 Å². The van der Waals surface area contributed by atoms with Gasteiger partial charge in [0.1, 0.15) is 42.9 Å². The highest BCUT2D eigenvalue weighted by atomic mass is 16.7. The minimum Gasteiger partial charge on any atom is -0.394 e. The number of ether oxygens (including phenoxy) is 2. The molecule has 1 aliphatic heterocycles. The van der Waals surface area contributed by atoms with Crippen LogP contribution in [0.5, 0.6) is 0 Å². The number of aliphatic hydroxyl groups is 7. The molecule has 1 saturated heterocycles. The van der Waals surface area contributed by atoms with Crippen LogP contribution in [0, 0.1) is 0 Å². The number of hydrogen-bond acceptors (Lipinski definition) is 10. The van der Waals surface area contributed by atoms with Crippen molar-refractivity contribution in [2.24, 2.45) is 0 Å². The maximum Gasteiger partial charge on any atom is 0.187 e. The molecule has 10 nitrogen and oxygen atoms in total. The van der Waals surface area contributed by atoms with E-state index in [2.05, 4.69) is 0 Å². The van der Waals surface area contributed by atoms with Crippen molar-refractivity contribution < 1.29 is 50.0 Å². The molecule has 1 fully saturated rings. The minimum absolute atomic E-state index is 0.373. The molecule has 0 unspecified atom stereocenters. The Hall–Kier alpha value is -0.690. The van der Waals surface area contributed by atoms with Gasteiger partial charge in [-0.2, -0.15) is 0 Å². The Morgan fingerprint density at radius 3 is 2.18 bits per heavy atom. The standard InChI is InChI=1S/C12H22O10/c13-2-1-5(16)11(6(17)3-14)22-12-10(20)9(19)8(18)7(4-15)21-12/h2,5-12,14-20H,1,3-4H2/t5-,6-,7-,8+,9+,10-,11+,12+/m1/s1. The summed E-state index contributed by atoms with van der Waals surface area (Å²) < 4.78 is 10.2. The quantitative estimate of drug-likeness (QED) is 0.215. The zero-order valence-electron chi connectivity index (χ0n) is 11.7. The van der Waals surface area contributed by atoms with E-state index in [1.807, 2.05) is 0 Å². The first kappa shape index (κ1) is 19.4. The number of hydrogen-bond donors (Lipinski definition) is 7. The Morgan fingerprint density at radius 2 is 1.68 bits per heavy atom. The molecule has 1 rings (SSSR count). The molecule has 0 aliphatic carbocycles. The SMILES string of the molecule is O=CC[C@@H](O)[C@H](O[C@@H]1O[C@H](CO)[C@H](O)[C@H](O)[C@H]1O)[C@H](O)CO. The molecule has 10 heteroatoms. The van der Waals surface area contributed by atoms with Gasteiger partial charge in [-0.05, 0) is 0 Å². The van der Waals surface area contributed by atoms with E-state index in [4.69, 9.17) is 19.7 Å². The van der Waals surface area contributed by atoms with E-state index >= 15 is 0 Å². The highest BCUT2D eigenvalue weighted by Gasteiger charge is 2.46. The van der Waals surface area contributed by atoms with Crippen molar-refractivity contribution in [3.05, 3.63) is 0 Å². The second kappa shape index (κ2) is 8.82. The molecule has 1 heterocycles. The summed E-state index contributed by atoms with van der Waals surface area (Å²) in [5.41, 5.74) is 0. The van der Waals surface area contributed by atoms with E-state index in [0.717, 1.165) is 0 Å². The Morgan fingerprint density at radius 1 is 1.05 bits per heavy atom. The molecular formula is C12H22O10. The van der Waals surface area contributed by atoms with Gasteiger partial charge in [0.2, 0.25) is 0 Å². The maximum atomic E-state index is 10.4. The third-order valence-corrected chi connectivity index (χ3v) is 3.42. The van der Waals surface area contributed by atoms with Crippen molar-refractivity contribution in [3.63, 3.8) is 0 Å². The van der Waals surface area contributed by atoms with Crippen LogP contribution in [-0.4, -0.2) is 104 Å². The molecule has 0 amide bonds. The third kappa shape index (κ3) is 4.41. The summed E-state index contributed by atoms with van der Waals surface area (Å²) in [6.45, 7) is -1.47. The summed E-state index contributed by atoms with van der Waals surface area (Å²) in [5.74, 6) is 0. The number of aldehydes is 1. The highest BCUT2D eigenvalue weighted by Crippen LogP contribution is 2.24. The van der Waals surface area contributed by atoms with Gasteiger partial charge in [-0.15, -0.1) is 0 Å². The maximum absolute atomic E-state index is 10.4. The van der Waals surface area contributed by atoms with Gasteiger partial charge in [-0.1, -0.05) is 0 Å². The molecule has 22 heavy (non-hydrogen) atoms. The summed E-state index contributed by atoms with van der Waals surface area (Å²) >= 11 is 0. The zero-order chi connectivity index (χ0) is 16.9. The van der Waals surface area contributed by atoms with Crippen molar-refractivity contribution in [2.75, 3.05) is 13.2 Å². The lowest BCUT2D eigenvalue weighted by Gasteiger charge is -2.41. The Balaban J connectivity index is 2.84. The molecule has 0 aromatic heterocycles. The minimum atomic E-state index is -1.73. The van der Waals surface area contributed by atoms with Gasteiger partial charge in [0.15, 0.2) is 6.29 Å². The highest BCUT2D eigenvalue weighted by molar-refractivity contribution is 5.50.